The number of rotatable bonds is 4. The summed E-state index contributed by atoms with van der Waals surface area (Å²) in [5.74, 6) is 0.627. The number of hydrazine groups is 1. The Bertz CT molecular complexity index is 723. The Kier molecular flexibility index (Phi) is 5.92. The van der Waals surface area contributed by atoms with Gasteiger partial charge in [0.2, 0.25) is 0 Å². The van der Waals surface area contributed by atoms with Crippen molar-refractivity contribution in [1.29, 1.82) is 0 Å². The zero-order valence-electron chi connectivity index (χ0n) is 14.3. The summed E-state index contributed by atoms with van der Waals surface area (Å²) in [5.41, 5.74) is 8.40. The van der Waals surface area contributed by atoms with E-state index in [1.54, 1.807) is 6.92 Å². The van der Waals surface area contributed by atoms with Crippen molar-refractivity contribution in [3.05, 3.63) is 46.8 Å². The van der Waals surface area contributed by atoms with E-state index in [1.165, 1.54) is 5.56 Å². The van der Waals surface area contributed by atoms with E-state index in [-0.39, 0.29) is 5.91 Å². The van der Waals surface area contributed by atoms with Crippen LogP contribution in [0.5, 0.6) is 0 Å². The lowest BCUT2D eigenvalue weighted by Crippen LogP contribution is -2.44. The highest BCUT2D eigenvalue weighted by Gasteiger charge is 2.19. The molecule has 0 fully saturated rings. The molecule has 1 aromatic heterocycles. The van der Waals surface area contributed by atoms with E-state index >= 15 is 0 Å². The molecule has 0 spiro atoms. The maximum Gasteiger partial charge on any atom is 0.275 e. The smallest absolute Gasteiger partial charge is 0.275 e. The lowest BCUT2D eigenvalue weighted by atomic mass is 10.0. The molecule has 0 aliphatic rings. The Morgan fingerprint density at radius 3 is 2.50 bits per heavy atom. The molecule has 2 aromatic rings. The molecule has 0 aliphatic heterocycles. The minimum atomic E-state index is -0.329. The maximum atomic E-state index is 12.2. The van der Waals surface area contributed by atoms with Gasteiger partial charge in [0, 0.05) is 5.69 Å². The van der Waals surface area contributed by atoms with Crippen molar-refractivity contribution in [2.45, 2.75) is 40.0 Å². The molecule has 0 bridgehead atoms. The van der Waals surface area contributed by atoms with Crippen LogP contribution >= 0.6 is 12.2 Å². The predicted octanol–water partition coefficient (Wildman–Crippen LogP) is 3.30. The maximum absolute atomic E-state index is 12.2. The molecule has 2 rings (SSSR count). The average Bonchev–Trinajstić information content (AvgIpc) is 2.94. The van der Waals surface area contributed by atoms with Gasteiger partial charge in [0.1, 0.15) is 11.3 Å². The summed E-state index contributed by atoms with van der Waals surface area (Å²) in [4.78, 5) is 12.2. The number of benzene rings is 1. The van der Waals surface area contributed by atoms with Crippen LogP contribution < -0.4 is 16.2 Å². The first-order chi connectivity index (χ1) is 11.4. The van der Waals surface area contributed by atoms with E-state index in [2.05, 4.69) is 35.2 Å². The molecule has 24 heavy (non-hydrogen) atoms. The third-order valence-corrected chi connectivity index (χ3v) is 3.82. The van der Waals surface area contributed by atoms with Gasteiger partial charge >= 0.3 is 0 Å². The van der Waals surface area contributed by atoms with Crippen LogP contribution in [0, 0.1) is 6.92 Å². The summed E-state index contributed by atoms with van der Waals surface area (Å²) in [6.45, 7) is 7.89. The van der Waals surface area contributed by atoms with Gasteiger partial charge in [-0.25, -0.2) is 0 Å². The van der Waals surface area contributed by atoms with Gasteiger partial charge in [-0.3, -0.25) is 15.6 Å². The number of carbonyl (C=O) groups excluding carboxylic acids is 1. The second-order valence-corrected chi connectivity index (χ2v) is 6.13. The highest BCUT2D eigenvalue weighted by atomic mass is 32.1. The van der Waals surface area contributed by atoms with Crippen molar-refractivity contribution in [3.63, 3.8) is 0 Å². The van der Waals surface area contributed by atoms with Crippen molar-refractivity contribution in [2.24, 2.45) is 0 Å². The zero-order valence-corrected chi connectivity index (χ0v) is 15.1. The summed E-state index contributed by atoms with van der Waals surface area (Å²) < 4.78 is 5.05. The van der Waals surface area contributed by atoms with Gasteiger partial charge < -0.3 is 9.84 Å². The van der Waals surface area contributed by atoms with Crippen LogP contribution in [-0.4, -0.2) is 16.2 Å². The molecule has 1 amide bonds. The van der Waals surface area contributed by atoms with Crippen LogP contribution in [0.4, 0.5) is 5.69 Å². The Labute approximate surface area is 147 Å². The number of nitrogens with zero attached hydrogens (tertiary/aromatic N) is 1. The third kappa shape index (κ3) is 4.32. The lowest BCUT2D eigenvalue weighted by Gasteiger charge is -2.12. The summed E-state index contributed by atoms with van der Waals surface area (Å²) in [6.07, 6.45) is 0.616. The molecule has 3 N–H and O–H groups in total. The van der Waals surface area contributed by atoms with Crippen LogP contribution in [0.1, 0.15) is 54.1 Å². The van der Waals surface area contributed by atoms with E-state index in [9.17, 15) is 4.79 Å². The molecule has 0 unspecified atom stereocenters. The van der Waals surface area contributed by atoms with Crippen molar-refractivity contribution in [2.75, 3.05) is 5.32 Å². The molecule has 0 radical (unpaired) electrons. The minimum absolute atomic E-state index is 0.299. The van der Waals surface area contributed by atoms with E-state index in [1.807, 2.05) is 31.2 Å². The largest absolute Gasteiger partial charge is 0.361 e. The topological polar surface area (TPSA) is 79.2 Å². The van der Waals surface area contributed by atoms with Crippen LogP contribution in [0.25, 0.3) is 0 Å². The van der Waals surface area contributed by atoms with Crippen LogP contribution in [0.15, 0.2) is 28.8 Å². The van der Waals surface area contributed by atoms with Crippen LogP contribution in [0.3, 0.4) is 0 Å². The van der Waals surface area contributed by atoms with Crippen LogP contribution in [-0.2, 0) is 6.42 Å². The molecular weight excluding hydrogens is 324 g/mol. The monoisotopic (exact) mass is 346 g/mol. The molecule has 6 nitrogen and oxygen atoms in total. The molecule has 128 valence electrons. The summed E-state index contributed by atoms with van der Waals surface area (Å²) in [5, 5.41) is 7.18. The van der Waals surface area contributed by atoms with Gasteiger partial charge in [-0.2, -0.15) is 0 Å². The standard InChI is InChI=1S/C17H22N4O2S/c1-5-14-15(11(4)23-21-14)16(22)19-20-17(24)18-13-8-6-12(7-9-13)10(2)3/h6-10H,5H2,1-4H3,(H,19,22)(H2,18,20,24). The van der Waals surface area contributed by atoms with Gasteiger partial charge in [0.15, 0.2) is 5.11 Å². The quantitative estimate of drug-likeness (QED) is 0.582. The first-order valence-electron chi connectivity index (χ1n) is 7.84. The number of carbonyl (C=O) groups is 1. The van der Waals surface area contributed by atoms with Gasteiger partial charge in [-0.1, -0.05) is 38.1 Å². The number of aryl methyl sites for hydroxylation is 2. The molecule has 0 atom stereocenters. The fraction of sp³-hybridized carbons (Fsp3) is 0.353. The first kappa shape index (κ1) is 17.9. The van der Waals surface area contributed by atoms with Crippen LogP contribution in [0.2, 0.25) is 0 Å². The predicted molar refractivity (Wildman–Crippen MR) is 98.0 cm³/mol. The number of aromatic nitrogens is 1. The number of thiocarbonyl (C=S) groups is 1. The van der Waals surface area contributed by atoms with E-state index in [0.29, 0.717) is 34.5 Å². The third-order valence-electron chi connectivity index (χ3n) is 3.62. The molecule has 0 aliphatic carbocycles. The summed E-state index contributed by atoms with van der Waals surface area (Å²) >= 11 is 5.19. The number of hydrogen-bond acceptors (Lipinski definition) is 4. The van der Waals surface area contributed by atoms with Gasteiger partial charge in [-0.15, -0.1) is 0 Å². The molecule has 7 heteroatoms. The highest BCUT2D eigenvalue weighted by molar-refractivity contribution is 7.80. The van der Waals surface area contributed by atoms with Gasteiger partial charge in [0.05, 0.1) is 5.69 Å². The normalized spacial score (nSPS) is 10.5. The van der Waals surface area contributed by atoms with Gasteiger partial charge in [-0.05, 0) is 49.2 Å². The molecule has 0 saturated heterocycles. The van der Waals surface area contributed by atoms with E-state index < -0.39 is 0 Å². The number of amides is 1. The molecule has 1 aromatic carbocycles. The molecular formula is C17H22N4O2S. The lowest BCUT2D eigenvalue weighted by molar-refractivity contribution is 0.0942. The second kappa shape index (κ2) is 7.92. The second-order valence-electron chi connectivity index (χ2n) is 5.72. The Balaban J connectivity index is 1.91. The minimum Gasteiger partial charge on any atom is -0.361 e. The highest BCUT2D eigenvalue weighted by Crippen LogP contribution is 2.17. The Morgan fingerprint density at radius 2 is 1.92 bits per heavy atom. The van der Waals surface area contributed by atoms with Crippen molar-refractivity contribution in [3.8, 4) is 0 Å². The number of nitrogens with one attached hydrogen (secondary N) is 3. The Morgan fingerprint density at radius 1 is 1.25 bits per heavy atom. The van der Waals surface area contributed by atoms with E-state index in [0.717, 1.165) is 5.69 Å². The van der Waals surface area contributed by atoms with Gasteiger partial charge in [0.25, 0.3) is 5.91 Å². The molecule has 0 saturated carbocycles. The van der Waals surface area contributed by atoms with Crippen molar-refractivity contribution >= 4 is 28.9 Å². The summed E-state index contributed by atoms with van der Waals surface area (Å²) in [7, 11) is 0. The summed E-state index contributed by atoms with van der Waals surface area (Å²) in [6, 6.07) is 7.99. The van der Waals surface area contributed by atoms with E-state index in [4.69, 9.17) is 16.7 Å². The number of hydrogen-bond donors (Lipinski definition) is 3. The first-order valence-corrected chi connectivity index (χ1v) is 8.25. The zero-order chi connectivity index (χ0) is 17.7. The molecule has 1 heterocycles. The fourth-order valence-corrected chi connectivity index (χ4v) is 2.41. The SMILES string of the molecule is CCc1noc(C)c1C(=O)NNC(=S)Nc1ccc(C(C)C)cc1. The van der Waals surface area contributed by atoms with Crippen molar-refractivity contribution in [1.82, 2.24) is 16.0 Å². The fourth-order valence-electron chi connectivity index (χ4n) is 2.24. The van der Waals surface area contributed by atoms with Crippen molar-refractivity contribution < 1.29 is 9.32 Å². The Hall–Kier alpha value is -2.41. The number of anilines is 1. The average molecular weight is 346 g/mol.